The minimum Gasteiger partial charge on any atom is -0.333 e. The smallest absolute Gasteiger partial charge is 0.254 e. The lowest BCUT2D eigenvalue weighted by atomic mass is 9.86. The van der Waals surface area contributed by atoms with Crippen LogP contribution in [0.5, 0.6) is 0 Å². The Morgan fingerprint density at radius 3 is 2.42 bits per heavy atom. The fourth-order valence-corrected chi connectivity index (χ4v) is 2.42. The molecule has 1 atom stereocenters. The van der Waals surface area contributed by atoms with Crippen LogP contribution in [-0.4, -0.2) is 36.5 Å². The van der Waals surface area contributed by atoms with Gasteiger partial charge in [-0.2, -0.15) is 0 Å². The first-order valence-electron chi connectivity index (χ1n) is 7.02. The van der Waals surface area contributed by atoms with E-state index in [4.69, 9.17) is 0 Å². The van der Waals surface area contributed by atoms with Crippen LogP contribution in [0.4, 0.5) is 0 Å². The molecule has 1 heterocycles. The summed E-state index contributed by atoms with van der Waals surface area (Å²) in [6.45, 7) is 11.2. The lowest BCUT2D eigenvalue weighted by molar-refractivity contribution is 0.0655. The van der Waals surface area contributed by atoms with E-state index in [0.717, 1.165) is 25.2 Å². The molecular formula is C16H24N2O. The van der Waals surface area contributed by atoms with Crippen LogP contribution >= 0.6 is 0 Å². The molecule has 0 radical (unpaired) electrons. The highest BCUT2D eigenvalue weighted by molar-refractivity contribution is 5.94. The van der Waals surface area contributed by atoms with Crippen molar-refractivity contribution in [2.45, 2.75) is 39.2 Å². The largest absolute Gasteiger partial charge is 0.333 e. The van der Waals surface area contributed by atoms with Gasteiger partial charge in [-0.25, -0.2) is 0 Å². The molecule has 1 fully saturated rings. The zero-order valence-electron chi connectivity index (χ0n) is 12.4. The van der Waals surface area contributed by atoms with Crippen molar-refractivity contribution in [2.24, 2.45) is 0 Å². The van der Waals surface area contributed by atoms with E-state index in [-0.39, 0.29) is 17.4 Å². The number of benzene rings is 1. The Labute approximate surface area is 116 Å². The highest BCUT2D eigenvalue weighted by Gasteiger charge is 2.24. The number of rotatable bonds is 1. The highest BCUT2D eigenvalue weighted by atomic mass is 16.2. The summed E-state index contributed by atoms with van der Waals surface area (Å²) >= 11 is 0. The van der Waals surface area contributed by atoms with Crippen molar-refractivity contribution >= 4 is 5.91 Å². The Morgan fingerprint density at radius 1 is 1.26 bits per heavy atom. The van der Waals surface area contributed by atoms with Gasteiger partial charge in [0.1, 0.15) is 0 Å². The SMILES string of the molecule is C[C@H]1CNCCN1C(=O)c1ccc(C(C)(C)C)cc1. The summed E-state index contributed by atoms with van der Waals surface area (Å²) in [6.07, 6.45) is 0. The quantitative estimate of drug-likeness (QED) is 0.841. The maximum atomic E-state index is 12.5. The second kappa shape index (κ2) is 5.33. The molecule has 0 spiro atoms. The van der Waals surface area contributed by atoms with Gasteiger partial charge in [0.25, 0.3) is 5.91 Å². The zero-order valence-corrected chi connectivity index (χ0v) is 12.4. The number of amides is 1. The summed E-state index contributed by atoms with van der Waals surface area (Å²) in [6, 6.07) is 8.32. The molecule has 0 bridgehead atoms. The van der Waals surface area contributed by atoms with Crippen LogP contribution in [0, 0.1) is 0 Å². The average molecular weight is 260 g/mol. The van der Waals surface area contributed by atoms with Crippen molar-refractivity contribution < 1.29 is 4.79 Å². The van der Waals surface area contributed by atoms with Gasteiger partial charge in [-0.1, -0.05) is 32.9 Å². The molecule has 2 rings (SSSR count). The number of piperazine rings is 1. The summed E-state index contributed by atoms with van der Waals surface area (Å²) in [5.74, 6) is 0.148. The number of hydrogen-bond acceptors (Lipinski definition) is 2. The van der Waals surface area contributed by atoms with Gasteiger partial charge < -0.3 is 10.2 Å². The van der Waals surface area contributed by atoms with Crippen molar-refractivity contribution in [3.63, 3.8) is 0 Å². The van der Waals surface area contributed by atoms with Gasteiger partial charge in [0.15, 0.2) is 0 Å². The van der Waals surface area contributed by atoms with Crippen LogP contribution in [0.25, 0.3) is 0 Å². The van der Waals surface area contributed by atoms with Crippen molar-refractivity contribution in [1.82, 2.24) is 10.2 Å². The first kappa shape index (κ1) is 14.1. The fraction of sp³-hybridized carbons (Fsp3) is 0.562. The number of nitrogens with one attached hydrogen (secondary N) is 1. The van der Waals surface area contributed by atoms with E-state index in [0.29, 0.717) is 0 Å². The van der Waals surface area contributed by atoms with E-state index >= 15 is 0 Å². The maximum absolute atomic E-state index is 12.5. The average Bonchev–Trinajstić information content (AvgIpc) is 2.38. The molecular weight excluding hydrogens is 236 g/mol. The number of carbonyl (C=O) groups excluding carboxylic acids is 1. The molecule has 3 heteroatoms. The Morgan fingerprint density at radius 2 is 1.89 bits per heavy atom. The molecule has 1 saturated heterocycles. The molecule has 0 saturated carbocycles. The first-order chi connectivity index (χ1) is 8.89. The van der Waals surface area contributed by atoms with Crippen LogP contribution in [-0.2, 0) is 5.41 Å². The molecule has 3 nitrogen and oxygen atoms in total. The molecule has 19 heavy (non-hydrogen) atoms. The second-order valence-corrected chi connectivity index (χ2v) is 6.38. The molecule has 0 aliphatic carbocycles. The van der Waals surface area contributed by atoms with E-state index in [1.165, 1.54) is 5.56 Å². The molecule has 0 aromatic heterocycles. The van der Waals surface area contributed by atoms with Crippen LogP contribution in [0.1, 0.15) is 43.6 Å². The molecule has 1 aliphatic heterocycles. The summed E-state index contributed by atoms with van der Waals surface area (Å²) < 4.78 is 0. The van der Waals surface area contributed by atoms with Gasteiger partial charge in [-0.15, -0.1) is 0 Å². The Hall–Kier alpha value is -1.35. The van der Waals surface area contributed by atoms with Crippen LogP contribution in [0.2, 0.25) is 0 Å². The summed E-state index contributed by atoms with van der Waals surface area (Å²) in [7, 11) is 0. The Bertz CT molecular complexity index is 445. The summed E-state index contributed by atoms with van der Waals surface area (Å²) in [4.78, 5) is 14.4. The highest BCUT2D eigenvalue weighted by Crippen LogP contribution is 2.22. The normalized spacial score (nSPS) is 20.4. The third-order valence-electron chi connectivity index (χ3n) is 3.76. The van der Waals surface area contributed by atoms with Crippen LogP contribution < -0.4 is 5.32 Å². The topological polar surface area (TPSA) is 32.3 Å². The lowest BCUT2D eigenvalue weighted by Gasteiger charge is -2.34. The van der Waals surface area contributed by atoms with Gasteiger partial charge in [0.2, 0.25) is 0 Å². The molecule has 1 aromatic rings. The van der Waals surface area contributed by atoms with Crippen molar-refractivity contribution in [3.8, 4) is 0 Å². The molecule has 1 N–H and O–H groups in total. The predicted molar refractivity (Wildman–Crippen MR) is 78.5 cm³/mol. The summed E-state index contributed by atoms with van der Waals surface area (Å²) in [5, 5.41) is 3.31. The third kappa shape index (κ3) is 3.16. The maximum Gasteiger partial charge on any atom is 0.254 e. The number of nitrogens with zero attached hydrogens (tertiary/aromatic N) is 1. The predicted octanol–water partition coefficient (Wildman–Crippen LogP) is 2.42. The van der Waals surface area contributed by atoms with E-state index in [9.17, 15) is 4.79 Å². The lowest BCUT2D eigenvalue weighted by Crippen LogP contribution is -2.52. The van der Waals surface area contributed by atoms with Crippen molar-refractivity contribution in [3.05, 3.63) is 35.4 Å². The third-order valence-corrected chi connectivity index (χ3v) is 3.76. The van der Waals surface area contributed by atoms with Crippen molar-refractivity contribution in [2.75, 3.05) is 19.6 Å². The van der Waals surface area contributed by atoms with Gasteiger partial charge in [0, 0.05) is 31.2 Å². The van der Waals surface area contributed by atoms with Crippen molar-refractivity contribution in [1.29, 1.82) is 0 Å². The molecule has 1 aliphatic rings. The fourth-order valence-electron chi connectivity index (χ4n) is 2.42. The van der Waals surface area contributed by atoms with Gasteiger partial charge in [0.05, 0.1) is 0 Å². The van der Waals surface area contributed by atoms with Gasteiger partial charge in [-0.3, -0.25) is 4.79 Å². The monoisotopic (exact) mass is 260 g/mol. The standard InChI is InChI=1S/C16H24N2O/c1-12-11-17-9-10-18(12)15(19)13-5-7-14(8-6-13)16(2,3)4/h5-8,12,17H,9-11H2,1-4H3/t12-/m0/s1. The van der Waals surface area contributed by atoms with Gasteiger partial charge >= 0.3 is 0 Å². The minimum absolute atomic E-state index is 0.129. The van der Waals surface area contributed by atoms with Crippen LogP contribution in [0.15, 0.2) is 24.3 Å². The summed E-state index contributed by atoms with van der Waals surface area (Å²) in [5.41, 5.74) is 2.18. The molecule has 0 unspecified atom stereocenters. The Kier molecular flexibility index (Phi) is 3.95. The minimum atomic E-state index is 0.129. The molecule has 104 valence electrons. The van der Waals surface area contributed by atoms with Crippen LogP contribution in [0.3, 0.4) is 0 Å². The molecule has 1 aromatic carbocycles. The Balaban J connectivity index is 2.15. The number of hydrogen-bond donors (Lipinski definition) is 1. The number of carbonyl (C=O) groups is 1. The van der Waals surface area contributed by atoms with E-state index in [1.807, 2.05) is 17.0 Å². The van der Waals surface area contributed by atoms with E-state index in [1.54, 1.807) is 0 Å². The zero-order chi connectivity index (χ0) is 14.0. The second-order valence-electron chi connectivity index (χ2n) is 6.38. The first-order valence-corrected chi connectivity index (χ1v) is 7.02. The van der Waals surface area contributed by atoms with Gasteiger partial charge in [-0.05, 0) is 30.0 Å². The van der Waals surface area contributed by atoms with E-state index < -0.39 is 0 Å². The van der Waals surface area contributed by atoms with E-state index in [2.05, 4.69) is 45.1 Å². The molecule has 1 amide bonds.